The van der Waals surface area contributed by atoms with Crippen LogP contribution in [0.15, 0.2) is 53.4 Å². The lowest BCUT2D eigenvalue weighted by molar-refractivity contribution is 0.579. The highest BCUT2D eigenvalue weighted by atomic mass is 35.5. The van der Waals surface area contributed by atoms with Crippen molar-refractivity contribution >= 4 is 21.6 Å². The molecule has 0 atom stereocenters. The molecule has 0 aliphatic heterocycles. The predicted octanol–water partition coefficient (Wildman–Crippen LogP) is 3.56. The van der Waals surface area contributed by atoms with Gasteiger partial charge in [-0.2, -0.15) is 0 Å². The van der Waals surface area contributed by atoms with E-state index in [0.717, 1.165) is 24.0 Å². The second kappa shape index (κ2) is 7.07. The van der Waals surface area contributed by atoms with E-state index < -0.39 is 10.0 Å². The van der Waals surface area contributed by atoms with E-state index in [1.54, 1.807) is 24.3 Å². The van der Waals surface area contributed by atoms with E-state index in [1.807, 2.05) is 31.2 Å². The summed E-state index contributed by atoms with van der Waals surface area (Å²) in [5.41, 5.74) is 2.19. The van der Waals surface area contributed by atoms with Gasteiger partial charge < -0.3 is 0 Å². The van der Waals surface area contributed by atoms with Gasteiger partial charge in [-0.25, -0.2) is 13.1 Å². The Kier molecular flexibility index (Phi) is 5.39. The SMILES string of the molecule is Cc1ccc(S(=O)(=O)NCCCc2ccc(Cl)cc2)cc1. The molecule has 0 saturated carbocycles. The van der Waals surface area contributed by atoms with Gasteiger partial charge in [-0.05, 0) is 49.6 Å². The van der Waals surface area contributed by atoms with Crippen LogP contribution in [0.4, 0.5) is 0 Å². The molecule has 0 heterocycles. The number of hydrogen-bond donors (Lipinski definition) is 1. The zero-order chi connectivity index (χ0) is 15.3. The Bertz CT molecular complexity index is 679. The molecule has 0 aromatic heterocycles. The predicted molar refractivity (Wildman–Crippen MR) is 86.1 cm³/mol. The van der Waals surface area contributed by atoms with Gasteiger partial charge in [0.1, 0.15) is 0 Å². The molecule has 0 saturated heterocycles. The molecular weight excluding hydrogens is 306 g/mol. The van der Waals surface area contributed by atoms with Gasteiger partial charge in [0, 0.05) is 11.6 Å². The smallest absolute Gasteiger partial charge is 0.211 e. The van der Waals surface area contributed by atoms with Crippen LogP contribution in [0, 0.1) is 6.92 Å². The van der Waals surface area contributed by atoms with Gasteiger partial charge in [-0.1, -0.05) is 41.4 Å². The number of rotatable bonds is 6. The molecule has 5 heteroatoms. The third-order valence-corrected chi connectivity index (χ3v) is 4.91. The maximum absolute atomic E-state index is 12.1. The zero-order valence-corrected chi connectivity index (χ0v) is 13.4. The molecule has 0 spiro atoms. The lowest BCUT2D eigenvalue weighted by Gasteiger charge is -2.07. The van der Waals surface area contributed by atoms with Crippen LogP contribution in [-0.2, 0) is 16.4 Å². The summed E-state index contributed by atoms with van der Waals surface area (Å²) in [4.78, 5) is 0.305. The monoisotopic (exact) mass is 323 g/mol. The minimum atomic E-state index is -3.41. The van der Waals surface area contributed by atoms with Crippen LogP contribution < -0.4 is 4.72 Å². The summed E-state index contributed by atoms with van der Waals surface area (Å²) in [5.74, 6) is 0. The highest BCUT2D eigenvalue weighted by Gasteiger charge is 2.12. The van der Waals surface area contributed by atoms with Crippen LogP contribution in [0.5, 0.6) is 0 Å². The average Bonchev–Trinajstić information content (AvgIpc) is 2.46. The fourth-order valence-electron chi connectivity index (χ4n) is 1.95. The van der Waals surface area contributed by atoms with Crippen molar-refractivity contribution in [2.75, 3.05) is 6.54 Å². The molecule has 0 amide bonds. The molecule has 3 nitrogen and oxygen atoms in total. The first-order valence-corrected chi connectivity index (χ1v) is 8.64. The molecule has 0 radical (unpaired) electrons. The Morgan fingerprint density at radius 1 is 1.00 bits per heavy atom. The summed E-state index contributed by atoms with van der Waals surface area (Å²) in [6.45, 7) is 2.34. The standard InChI is InChI=1S/C16H18ClNO2S/c1-13-4-10-16(11-5-13)21(19,20)18-12-2-3-14-6-8-15(17)9-7-14/h4-11,18H,2-3,12H2,1H3. The third kappa shape index (κ3) is 4.84. The Morgan fingerprint density at radius 2 is 1.62 bits per heavy atom. The van der Waals surface area contributed by atoms with Gasteiger partial charge in [-0.15, -0.1) is 0 Å². The largest absolute Gasteiger partial charge is 0.240 e. The van der Waals surface area contributed by atoms with E-state index >= 15 is 0 Å². The second-order valence-electron chi connectivity index (χ2n) is 4.94. The number of benzene rings is 2. The van der Waals surface area contributed by atoms with Crippen LogP contribution in [0.25, 0.3) is 0 Å². The van der Waals surface area contributed by atoms with Crippen molar-refractivity contribution in [3.05, 3.63) is 64.7 Å². The Hall–Kier alpha value is -1.36. The molecule has 0 unspecified atom stereocenters. The first-order valence-electron chi connectivity index (χ1n) is 6.78. The molecule has 0 aliphatic carbocycles. The number of nitrogens with one attached hydrogen (secondary N) is 1. The normalized spacial score (nSPS) is 11.5. The third-order valence-electron chi connectivity index (χ3n) is 3.18. The summed E-state index contributed by atoms with van der Waals surface area (Å²) in [6, 6.07) is 14.4. The van der Waals surface area contributed by atoms with Gasteiger partial charge in [0.2, 0.25) is 10.0 Å². The Labute approximate surface area is 131 Å². The van der Waals surface area contributed by atoms with Crippen LogP contribution >= 0.6 is 11.6 Å². The maximum atomic E-state index is 12.1. The van der Waals surface area contributed by atoms with E-state index in [2.05, 4.69) is 4.72 Å². The molecule has 0 fully saturated rings. The fourth-order valence-corrected chi connectivity index (χ4v) is 3.15. The van der Waals surface area contributed by atoms with E-state index in [-0.39, 0.29) is 0 Å². The molecule has 21 heavy (non-hydrogen) atoms. The number of hydrogen-bond acceptors (Lipinski definition) is 2. The molecular formula is C16H18ClNO2S. The topological polar surface area (TPSA) is 46.2 Å². The lowest BCUT2D eigenvalue weighted by Crippen LogP contribution is -2.25. The lowest BCUT2D eigenvalue weighted by atomic mass is 10.1. The molecule has 2 rings (SSSR count). The first kappa shape index (κ1) is 16.0. The van der Waals surface area contributed by atoms with Crippen molar-refractivity contribution in [2.45, 2.75) is 24.7 Å². The van der Waals surface area contributed by atoms with Gasteiger partial charge in [0.05, 0.1) is 4.90 Å². The van der Waals surface area contributed by atoms with E-state index in [0.29, 0.717) is 16.5 Å². The quantitative estimate of drug-likeness (QED) is 0.826. The second-order valence-corrected chi connectivity index (χ2v) is 7.14. The van der Waals surface area contributed by atoms with E-state index in [1.165, 1.54) is 0 Å². The summed E-state index contributed by atoms with van der Waals surface area (Å²) in [6.07, 6.45) is 1.56. The van der Waals surface area contributed by atoms with Crippen molar-refractivity contribution in [1.82, 2.24) is 4.72 Å². The number of aryl methyl sites for hydroxylation is 2. The van der Waals surface area contributed by atoms with E-state index in [4.69, 9.17) is 11.6 Å². The van der Waals surface area contributed by atoms with Crippen molar-refractivity contribution in [3.63, 3.8) is 0 Å². The van der Waals surface area contributed by atoms with Gasteiger partial charge in [-0.3, -0.25) is 0 Å². The minimum absolute atomic E-state index is 0.305. The van der Waals surface area contributed by atoms with Crippen LogP contribution in [-0.4, -0.2) is 15.0 Å². The maximum Gasteiger partial charge on any atom is 0.240 e. The van der Waals surface area contributed by atoms with Crippen molar-refractivity contribution in [2.24, 2.45) is 0 Å². The number of sulfonamides is 1. The summed E-state index contributed by atoms with van der Waals surface area (Å²) in [5, 5.41) is 0.707. The molecule has 0 bridgehead atoms. The molecule has 2 aromatic rings. The summed E-state index contributed by atoms with van der Waals surface area (Å²) in [7, 11) is -3.41. The fraction of sp³-hybridized carbons (Fsp3) is 0.250. The van der Waals surface area contributed by atoms with Crippen molar-refractivity contribution < 1.29 is 8.42 Å². The summed E-state index contributed by atoms with van der Waals surface area (Å²) >= 11 is 5.82. The van der Waals surface area contributed by atoms with Gasteiger partial charge in [0.15, 0.2) is 0 Å². The molecule has 112 valence electrons. The molecule has 2 aromatic carbocycles. The Morgan fingerprint density at radius 3 is 2.24 bits per heavy atom. The van der Waals surface area contributed by atoms with Crippen LogP contribution in [0.1, 0.15) is 17.5 Å². The van der Waals surface area contributed by atoms with Crippen molar-refractivity contribution in [3.8, 4) is 0 Å². The average molecular weight is 324 g/mol. The zero-order valence-electron chi connectivity index (χ0n) is 11.8. The van der Waals surface area contributed by atoms with Crippen LogP contribution in [0.3, 0.4) is 0 Å². The number of halogens is 1. The van der Waals surface area contributed by atoms with Crippen LogP contribution in [0.2, 0.25) is 5.02 Å². The Balaban J connectivity index is 1.85. The minimum Gasteiger partial charge on any atom is -0.211 e. The molecule has 0 aliphatic rings. The van der Waals surface area contributed by atoms with Gasteiger partial charge >= 0.3 is 0 Å². The first-order chi connectivity index (χ1) is 9.97. The molecule has 1 N–H and O–H groups in total. The highest BCUT2D eigenvalue weighted by Crippen LogP contribution is 2.12. The van der Waals surface area contributed by atoms with Gasteiger partial charge in [0.25, 0.3) is 0 Å². The van der Waals surface area contributed by atoms with Crippen molar-refractivity contribution in [1.29, 1.82) is 0 Å². The highest BCUT2D eigenvalue weighted by molar-refractivity contribution is 7.89. The summed E-state index contributed by atoms with van der Waals surface area (Å²) < 4.78 is 26.8. The van der Waals surface area contributed by atoms with E-state index in [9.17, 15) is 8.42 Å².